The quantitative estimate of drug-likeness (QED) is 0.805. The van der Waals surface area contributed by atoms with E-state index in [2.05, 4.69) is 5.32 Å². The molecule has 21 heavy (non-hydrogen) atoms. The second kappa shape index (κ2) is 7.08. The van der Waals surface area contributed by atoms with Gasteiger partial charge in [0.2, 0.25) is 0 Å². The van der Waals surface area contributed by atoms with Crippen LogP contribution in [-0.2, 0) is 16.0 Å². The van der Waals surface area contributed by atoms with Crippen LogP contribution in [0.5, 0.6) is 0 Å². The third kappa shape index (κ3) is 4.75. The zero-order valence-corrected chi connectivity index (χ0v) is 12.0. The van der Waals surface area contributed by atoms with E-state index in [1.54, 1.807) is 36.3 Å². The molecule has 6 nitrogen and oxygen atoms in total. The van der Waals surface area contributed by atoms with Gasteiger partial charge in [0.25, 0.3) is 0 Å². The lowest BCUT2D eigenvalue weighted by atomic mass is 10.1. The normalized spacial score (nSPS) is 13.8. The molecule has 0 unspecified atom stereocenters. The Morgan fingerprint density at radius 3 is 2.81 bits per heavy atom. The van der Waals surface area contributed by atoms with E-state index < -0.39 is 5.97 Å². The Hall–Kier alpha value is -2.08. The van der Waals surface area contributed by atoms with E-state index >= 15 is 0 Å². The van der Waals surface area contributed by atoms with Crippen LogP contribution in [0.4, 0.5) is 10.5 Å². The summed E-state index contributed by atoms with van der Waals surface area (Å²) in [5.74, 6) is -0.891. The third-order valence-electron chi connectivity index (χ3n) is 3.32. The van der Waals surface area contributed by atoms with E-state index in [-0.39, 0.29) is 12.5 Å². The number of hydrogen-bond acceptors (Lipinski definition) is 3. The summed E-state index contributed by atoms with van der Waals surface area (Å²) in [4.78, 5) is 24.8. The van der Waals surface area contributed by atoms with Gasteiger partial charge in [-0.15, -0.1) is 0 Å². The first-order valence-corrected chi connectivity index (χ1v) is 6.97. The number of carboxylic acids is 1. The van der Waals surface area contributed by atoms with Crippen LogP contribution < -0.4 is 5.32 Å². The molecular weight excluding hydrogens is 272 g/mol. The summed E-state index contributed by atoms with van der Waals surface area (Å²) in [5, 5.41) is 11.6. The zero-order valence-electron chi connectivity index (χ0n) is 12.0. The number of hydrogen-bond donors (Lipinski definition) is 2. The number of urea groups is 1. The molecule has 0 aromatic heterocycles. The minimum Gasteiger partial charge on any atom is -0.481 e. The maximum atomic E-state index is 12.3. The van der Waals surface area contributed by atoms with Crippen molar-refractivity contribution in [3.8, 4) is 0 Å². The van der Waals surface area contributed by atoms with Gasteiger partial charge >= 0.3 is 12.0 Å². The number of amides is 2. The van der Waals surface area contributed by atoms with Gasteiger partial charge in [-0.05, 0) is 30.5 Å². The lowest BCUT2D eigenvalue weighted by molar-refractivity contribution is -0.136. The largest absolute Gasteiger partial charge is 0.481 e. The number of methoxy groups -OCH3 is 1. The second-order valence-electron chi connectivity index (χ2n) is 5.12. The monoisotopic (exact) mass is 292 g/mol. The number of benzene rings is 1. The van der Waals surface area contributed by atoms with Gasteiger partial charge in [-0.2, -0.15) is 0 Å². The summed E-state index contributed by atoms with van der Waals surface area (Å²) in [7, 11) is 1.61. The van der Waals surface area contributed by atoms with Gasteiger partial charge in [-0.25, -0.2) is 4.79 Å². The number of aliphatic carboxylic acids is 1. The van der Waals surface area contributed by atoms with Crippen molar-refractivity contribution >= 4 is 17.7 Å². The average molecular weight is 292 g/mol. The first-order valence-electron chi connectivity index (χ1n) is 6.97. The Morgan fingerprint density at radius 1 is 1.43 bits per heavy atom. The van der Waals surface area contributed by atoms with Crippen molar-refractivity contribution < 1.29 is 19.4 Å². The molecule has 1 fully saturated rings. The van der Waals surface area contributed by atoms with Gasteiger partial charge in [0.1, 0.15) is 0 Å². The van der Waals surface area contributed by atoms with Gasteiger partial charge in [-0.3, -0.25) is 4.79 Å². The fraction of sp³-hybridized carbons (Fsp3) is 0.467. The summed E-state index contributed by atoms with van der Waals surface area (Å²) >= 11 is 0. The molecule has 0 radical (unpaired) electrons. The highest BCUT2D eigenvalue weighted by Crippen LogP contribution is 2.27. The molecule has 0 bridgehead atoms. The number of carbonyl (C=O) groups is 2. The fourth-order valence-corrected chi connectivity index (χ4v) is 2.15. The number of rotatable bonds is 7. The number of carbonyl (C=O) groups excluding carboxylic acids is 1. The lowest BCUT2D eigenvalue weighted by Gasteiger charge is -2.22. The van der Waals surface area contributed by atoms with Crippen LogP contribution in [-0.4, -0.2) is 48.3 Å². The molecule has 0 atom stereocenters. The van der Waals surface area contributed by atoms with Gasteiger partial charge in [0.15, 0.2) is 0 Å². The highest BCUT2D eigenvalue weighted by Gasteiger charge is 2.32. The second-order valence-corrected chi connectivity index (χ2v) is 5.12. The Balaban J connectivity index is 1.98. The molecule has 1 saturated carbocycles. The highest BCUT2D eigenvalue weighted by atomic mass is 16.5. The molecule has 0 heterocycles. The summed E-state index contributed by atoms with van der Waals surface area (Å²) in [6, 6.07) is 7.04. The van der Waals surface area contributed by atoms with Gasteiger partial charge < -0.3 is 20.1 Å². The zero-order chi connectivity index (χ0) is 15.2. The number of nitrogens with zero attached hydrogens (tertiary/aromatic N) is 1. The highest BCUT2D eigenvalue weighted by molar-refractivity contribution is 5.90. The number of anilines is 1. The summed E-state index contributed by atoms with van der Waals surface area (Å²) < 4.78 is 5.03. The molecule has 1 aromatic rings. The first kappa shape index (κ1) is 15.3. The minimum atomic E-state index is -0.891. The van der Waals surface area contributed by atoms with Crippen molar-refractivity contribution in [2.24, 2.45) is 0 Å². The molecule has 0 spiro atoms. The lowest BCUT2D eigenvalue weighted by Crippen LogP contribution is -2.39. The molecule has 6 heteroatoms. The van der Waals surface area contributed by atoms with Crippen molar-refractivity contribution in [1.29, 1.82) is 0 Å². The van der Waals surface area contributed by atoms with Gasteiger partial charge in [-0.1, -0.05) is 12.1 Å². The van der Waals surface area contributed by atoms with E-state index in [0.717, 1.165) is 12.8 Å². The van der Waals surface area contributed by atoms with Gasteiger partial charge in [0, 0.05) is 25.4 Å². The fourth-order valence-electron chi connectivity index (χ4n) is 2.15. The molecule has 1 aliphatic carbocycles. The van der Waals surface area contributed by atoms with E-state index in [1.807, 2.05) is 0 Å². The number of carboxylic acid groups (broad SMARTS) is 1. The van der Waals surface area contributed by atoms with Crippen molar-refractivity contribution in [3.63, 3.8) is 0 Å². The smallest absolute Gasteiger partial charge is 0.322 e. The van der Waals surface area contributed by atoms with Crippen LogP contribution >= 0.6 is 0 Å². The Kier molecular flexibility index (Phi) is 5.16. The summed E-state index contributed by atoms with van der Waals surface area (Å²) in [6.45, 7) is 1.06. The topological polar surface area (TPSA) is 78.9 Å². The van der Waals surface area contributed by atoms with E-state index in [0.29, 0.717) is 30.4 Å². The Bertz CT molecular complexity index is 514. The standard InChI is InChI=1S/C15H20N2O4/c1-21-8-7-17(13-5-6-13)15(20)16-12-4-2-3-11(9-12)10-14(18)19/h2-4,9,13H,5-8,10H2,1H3,(H,16,20)(H,18,19). The first-order chi connectivity index (χ1) is 10.1. The molecule has 2 N–H and O–H groups in total. The molecule has 114 valence electrons. The average Bonchev–Trinajstić information content (AvgIpc) is 3.23. The Morgan fingerprint density at radius 2 is 2.19 bits per heavy atom. The predicted octanol–water partition coefficient (Wildman–Crippen LogP) is 1.96. The molecule has 0 saturated heterocycles. The minimum absolute atomic E-state index is 0.0558. The van der Waals surface area contributed by atoms with E-state index in [4.69, 9.17) is 9.84 Å². The summed E-state index contributed by atoms with van der Waals surface area (Å²) in [5.41, 5.74) is 1.27. The third-order valence-corrected chi connectivity index (χ3v) is 3.32. The van der Waals surface area contributed by atoms with Crippen molar-refractivity contribution in [1.82, 2.24) is 4.90 Å². The van der Waals surface area contributed by atoms with Crippen molar-refractivity contribution in [3.05, 3.63) is 29.8 Å². The maximum Gasteiger partial charge on any atom is 0.322 e. The number of nitrogens with one attached hydrogen (secondary N) is 1. The van der Waals surface area contributed by atoms with Crippen molar-refractivity contribution in [2.75, 3.05) is 25.6 Å². The molecule has 2 amide bonds. The predicted molar refractivity (Wildman–Crippen MR) is 78.4 cm³/mol. The molecule has 1 aliphatic rings. The molecular formula is C15H20N2O4. The Labute approximate surface area is 123 Å². The number of ether oxygens (including phenoxy) is 1. The summed E-state index contributed by atoms with van der Waals surface area (Å²) in [6.07, 6.45) is 1.99. The van der Waals surface area contributed by atoms with Crippen LogP contribution in [0.15, 0.2) is 24.3 Å². The molecule has 0 aliphatic heterocycles. The van der Waals surface area contributed by atoms with Crippen LogP contribution in [0.1, 0.15) is 18.4 Å². The van der Waals surface area contributed by atoms with Gasteiger partial charge in [0.05, 0.1) is 13.0 Å². The van der Waals surface area contributed by atoms with Crippen LogP contribution in [0.2, 0.25) is 0 Å². The van der Waals surface area contributed by atoms with E-state index in [1.165, 1.54) is 0 Å². The van der Waals surface area contributed by atoms with Crippen molar-refractivity contribution in [2.45, 2.75) is 25.3 Å². The van der Waals surface area contributed by atoms with Crippen LogP contribution in [0, 0.1) is 0 Å². The molecule has 1 aromatic carbocycles. The maximum absolute atomic E-state index is 12.3. The van der Waals surface area contributed by atoms with Crippen LogP contribution in [0.25, 0.3) is 0 Å². The molecule has 2 rings (SSSR count). The SMILES string of the molecule is COCCN(C(=O)Nc1cccc(CC(=O)O)c1)C1CC1. The van der Waals surface area contributed by atoms with E-state index in [9.17, 15) is 9.59 Å². The van der Waals surface area contributed by atoms with Crippen LogP contribution in [0.3, 0.4) is 0 Å².